The Morgan fingerprint density at radius 3 is 2.71 bits per heavy atom. The van der Waals surface area contributed by atoms with Crippen molar-refractivity contribution in [2.75, 3.05) is 7.11 Å². The van der Waals surface area contributed by atoms with Crippen molar-refractivity contribution < 1.29 is 18.8 Å². The molecule has 4 rings (SSSR count). The quantitative estimate of drug-likeness (QED) is 0.465. The Hall–Kier alpha value is -4.08. The average Bonchev–Trinajstić information content (AvgIpc) is 3.44. The van der Waals surface area contributed by atoms with E-state index in [9.17, 15) is 4.79 Å². The van der Waals surface area contributed by atoms with E-state index >= 15 is 0 Å². The third-order valence-electron chi connectivity index (χ3n) is 3.86. The highest BCUT2D eigenvalue weighted by Gasteiger charge is 2.15. The van der Waals surface area contributed by atoms with Crippen molar-refractivity contribution in [3.8, 4) is 22.8 Å². The van der Waals surface area contributed by atoms with Crippen LogP contribution < -0.4 is 4.74 Å². The van der Waals surface area contributed by atoms with Gasteiger partial charge in [0, 0.05) is 0 Å². The molecule has 0 bridgehead atoms. The van der Waals surface area contributed by atoms with Crippen LogP contribution in [0.1, 0.15) is 16.2 Å². The smallest absolute Gasteiger partial charge is 0.338 e. The van der Waals surface area contributed by atoms with Crippen LogP contribution in [0.4, 0.5) is 0 Å². The lowest BCUT2D eigenvalue weighted by molar-refractivity contribution is 0.0430. The summed E-state index contributed by atoms with van der Waals surface area (Å²) in [6, 6.07) is 13.9. The molecular formula is C18H14N6O4. The number of hydrogen-bond donors (Lipinski definition) is 0. The fraction of sp³-hybridized carbons (Fsp3) is 0.111. The van der Waals surface area contributed by atoms with E-state index in [1.165, 1.54) is 11.0 Å². The van der Waals surface area contributed by atoms with Gasteiger partial charge in [0.1, 0.15) is 12.1 Å². The first-order chi connectivity index (χ1) is 13.7. The summed E-state index contributed by atoms with van der Waals surface area (Å²) in [4.78, 5) is 16.5. The molecule has 0 saturated carbocycles. The van der Waals surface area contributed by atoms with Crippen LogP contribution >= 0.6 is 0 Å². The molecule has 0 amide bonds. The fourth-order valence-corrected chi connectivity index (χ4v) is 2.49. The van der Waals surface area contributed by atoms with Crippen LogP contribution in [0.2, 0.25) is 0 Å². The molecule has 0 aliphatic heterocycles. The van der Waals surface area contributed by atoms with Gasteiger partial charge in [-0.2, -0.15) is 4.98 Å². The van der Waals surface area contributed by atoms with Gasteiger partial charge < -0.3 is 14.0 Å². The van der Waals surface area contributed by atoms with Crippen molar-refractivity contribution in [1.82, 2.24) is 30.3 Å². The van der Waals surface area contributed by atoms with Crippen molar-refractivity contribution in [1.29, 1.82) is 0 Å². The summed E-state index contributed by atoms with van der Waals surface area (Å²) in [6.45, 7) is -0.143. The Bertz CT molecular complexity index is 1080. The molecule has 0 unspecified atom stereocenters. The van der Waals surface area contributed by atoms with Crippen molar-refractivity contribution in [3.05, 3.63) is 66.3 Å². The molecule has 10 nitrogen and oxygen atoms in total. The molecule has 0 saturated heterocycles. The lowest BCUT2D eigenvalue weighted by atomic mass is 10.2. The highest BCUT2D eigenvalue weighted by molar-refractivity contribution is 5.89. The molecule has 0 fully saturated rings. The molecule has 2 heterocycles. The molecule has 0 spiro atoms. The number of methoxy groups -OCH3 is 1. The number of esters is 1. The van der Waals surface area contributed by atoms with E-state index in [4.69, 9.17) is 14.0 Å². The number of benzene rings is 2. The highest BCUT2D eigenvalue weighted by Crippen LogP contribution is 2.27. The molecule has 10 heteroatoms. The number of tetrazole rings is 1. The number of nitrogens with zero attached hydrogens (tertiary/aromatic N) is 6. The van der Waals surface area contributed by atoms with Gasteiger partial charge in [0.2, 0.25) is 5.82 Å². The maximum absolute atomic E-state index is 12.2. The van der Waals surface area contributed by atoms with Gasteiger partial charge in [-0.3, -0.25) is 0 Å². The van der Waals surface area contributed by atoms with E-state index in [1.807, 2.05) is 18.2 Å². The predicted molar refractivity (Wildman–Crippen MR) is 94.6 cm³/mol. The maximum Gasteiger partial charge on any atom is 0.338 e. The zero-order valence-corrected chi connectivity index (χ0v) is 14.7. The number of para-hydroxylation sites is 1. The van der Waals surface area contributed by atoms with Crippen LogP contribution in [0.15, 0.2) is 59.4 Å². The summed E-state index contributed by atoms with van der Waals surface area (Å²) in [7, 11) is 1.56. The Morgan fingerprint density at radius 2 is 1.96 bits per heavy atom. The minimum atomic E-state index is -0.514. The Kier molecular flexibility index (Phi) is 4.74. The number of rotatable bonds is 6. The minimum Gasteiger partial charge on any atom is -0.496 e. The Balaban J connectivity index is 1.41. The largest absolute Gasteiger partial charge is 0.496 e. The maximum atomic E-state index is 12.2. The highest BCUT2D eigenvalue weighted by atomic mass is 16.6. The molecule has 0 N–H and O–H groups in total. The second-order valence-electron chi connectivity index (χ2n) is 5.59. The summed E-state index contributed by atoms with van der Waals surface area (Å²) in [5.74, 6) is 0.642. The molecule has 0 aliphatic rings. The Labute approximate surface area is 158 Å². The van der Waals surface area contributed by atoms with Crippen LogP contribution in [0.3, 0.4) is 0 Å². The minimum absolute atomic E-state index is 0.143. The zero-order chi connectivity index (χ0) is 19.3. The molecule has 0 atom stereocenters. The third-order valence-corrected chi connectivity index (χ3v) is 3.86. The molecule has 140 valence electrons. The van der Waals surface area contributed by atoms with E-state index < -0.39 is 5.97 Å². The van der Waals surface area contributed by atoms with Crippen LogP contribution in [-0.2, 0) is 11.3 Å². The van der Waals surface area contributed by atoms with E-state index in [1.54, 1.807) is 37.4 Å². The summed E-state index contributed by atoms with van der Waals surface area (Å²) in [6.07, 6.45) is 1.46. The number of aromatic nitrogens is 6. The number of carbonyl (C=O) groups excluding carboxylic acids is 1. The van der Waals surface area contributed by atoms with Crippen LogP contribution in [-0.4, -0.2) is 43.4 Å². The fourth-order valence-electron chi connectivity index (χ4n) is 2.49. The molecule has 4 aromatic rings. The average molecular weight is 378 g/mol. The second-order valence-corrected chi connectivity index (χ2v) is 5.59. The van der Waals surface area contributed by atoms with Crippen molar-refractivity contribution in [2.24, 2.45) is 0 Å². The first-order valence-electron chi connectivity index (χ1n) is 8.21. The summed E-state index contributed by atoms with van der Waals surface area (Å²) < 4.78 is 17.1. The first kappa shape index (κ1) is 17.3. The van der Waals surface area contributed by atoms with E-state index in [2.05, 4.69) is 25.7 Å². The van der Waals surface area contributed by atoms with Crippen molar-refractivity contribution in [3.63, 3.8) is 0 Å². The monoisotopic (exact) mass is 378 g/mol. The van der Waals surface area contributed by atoms with E-state index in [0.29, 0.717) is 22.7 Å². The molecule has 2 aromatic carbocycles. The predicted octanol–water partition coefficient (Wildman–Crippen LogP) is 2.08. The number of ether oxygens (including phenoxy) is 2. The van der Waals surface area contributed by atoms with Gasteiger partial charge in [-0.1, -0.05) is 17.3 Å². The number of hydrogen-bond acceptors (Lipinski definition) is 9. The van der Waals surface area contributed by atoms with Gasteiger partial charge in [0.05, 0.1) is 23.9 Å². The molecule has 0 aliphatic carbocycles. The van der Waals surface area contributed by atoms with Gasteiger partial charge in [-0.05, 0) is 46.8 Å². The van der Waals surface area contributed by atoms with Gasteiger partial charge >= 0.3 is 5.97 Å². The van der Waals surface area contributed by atoms with Gasteiger partial charge in [-0.25, -0.2) is 9.48 Å². The van der Waals surface area contributed by atoms with Crippen LogP contribution in [0.25, 0.3) is 17.1 Å². The van der Waals surface area contributed by atoms with Crippen molar-refractivity contribution >= 4 is 5.97 Å². The van der Waals surface area contributed by atoms with Gasteiger partial charge in [0.15, 0.2) is 6.61 Å². The summed E-state index contributed by atoms with van der Waals surface area (Å²) in [5, 5.41) is 14.8. The molecule has 28 heavy (non-hydrogen) atoms. The first-order valence-corrected chi connectivity index (χ1v) is 8.21. The van der Waals surface area contributed by atoms with Gasteiger partial charge in [0.25, 0.3) is 5.89 Å². The van der Waals surface area contributed by atoms with Gasteiger partial charge in [-0.15, -0.1) is 5.10 Å². The summed E-state index contributed by atoms with van der Waals surface area (Å²) in [5.41, 5.74) is 1.78. The van der Waals surface area contributed by atoms with E-state index in [-0.39, 0.29) is 12.5 Å². The molecular weight excluding hydrogens is 364 g/mol. The van der Waals surface area contributed by atoms with Crippen molar-refractivity contribution in [2.45, 2.75) is 6.61 Å². The topological polar surface area (TPSA) is 118 Å². The Morgan fingerprint density at radius 1 is 1.14 bits per heavy atom. The normalized spacial score (nSPS) is 10.6. The lowest BCUT2D eigenvalue weighted by Crippen LogP contribution is -2.06. The van der Waals surface area contributed by atoms with Crippen LogP contribution in [0.5, 0.6) is 5.75 Å². The molecule has 0 radical (unpaired) electrons. The van der Waals surface area contributed by atoms with Crippen LogP contribution in [0, 0.1) is 0 Å². The zero-order valence-electron chi connectivity index (χ0n) is 14.7. The SMILES string of the molecule is COc1ccccc1-c1noc(COC(=O)c2ccc(-n3cnnn3)cc2)n1. The third kappa shape index (κ3) is 3.56. The van der Waals surface area contributed by atoms with E-state index in [0.717, 1.165) is 5.69 Å². The number of carbonyl (C=O) groups is 1. The molecule has 2 aromatic heterocycles. The summed E-state index contributed by atoms with van der Waals surface area (Å²) >= 11 is 0. The standard InChI is InChI=1S/C18H14N6O4/c1-26-15-5-3-2-4-14(15)17-20-16(28-21-17)10-27-18(25)12-6-8-13(9-7-12)24-11-19-22-23-24/h2-9,11H,10H2,1H3. The second kappa shape index (κ2) is 7.66. The lowest BCUT2D eigenvalue weighted by Gasteiger charge is -2.04.